The number of hydrogen-bond acceptors (Lipinski definition) is 4. The number of nitrogens with zero attached hydrogens (tertiary/aromatic N) is 1. The maximum absolute atomic E-state index is 12.3. The number of ether oxygens (including phenoxy) is 2. The van der Waals surface area contributed by atoms with Gasteiger partial charge in [0, 0.05) is 31.1 Å². The van der Waals surface area contributed by atoms with Crippen molar-refractivity contribution < 1.29 is 19.1 Å². The summed E-state index contributed by atoms with van der Waals surface area (Å²) in [6.07, 6.45) is 7.03. The first-order valence-corrected chi connectivity index (χ1v) is 10.3. The van der Waals surface area contributed by atoms with Crippen LogP contribution >= 0.6 is 0 Å². The largest absolute Gasteiger partial charge is 0.490 e. The highest BCUT2D eigenvalue weighted by Gasteiger charge is 2.34. The van der Waals surface area contributed by atoms with Crippen molar-refractivity contribution in [3.63, 3.8) is 0 Å². The van der Waals surface area contributed by atoms with Crippen LogP contribution in [-0.4, -0.2) is 49.1 Å². The number of rotatable bonds is 8. The summed E-state index contributed by atoms with van der Waals surface area (Å²) in [5.41, 5.74) is 0.881. The molecule has 3 rings (SSSR count). The summed E-state index contributed by atoms with van der Waals surface area (Å²) in [4.78, 5) is 26.3. The highest BCUT2D eigenvalue weighted by molar-refractivity contribution is 5.92. The second-order valence-corrected chi connectivity index (χ2v) is 7.29. The Hall–Kier alpha value is -2.50. The van der Waals surface area contributed by atoms with E-state index < -0.39 is 0 Å². The van der Waals surface area contributed by atoms with Gasteiger partial charge in [0.2, 0.25) is 11.8 Å². The molecule has 1 N–H and O–H groups in total. The lowest BCUT2D eigenvalue weighted by Crippen LogP contribution is -2.46. The molecular weight excluding hydrogens is 356 g/mol. The average Bonchev–Trinajstić information content (AvgIpc) is 3.54. The fourth-order valence-corrected chi connectivity index (χ4v) is 3.43. The molecule has 1 aliphatic heterocycles. The van der Waals surface area contributed by atoms with E-state index in [0.717, 1.165) is 44.3 Å². The van der Waals surface area contributed by atoms with Gasteiger partial charge < -0.3 is 19.7 Å². The first-order chi connectivity index (χ1) is 13.6. The van der Waals surface area contributed by atoms with Crippen LogP contribution in [0.25, 0.3) is 6.08 Å². The van der Waals surface area contributed by atoms with Crippen molar-refractivity contribution in [1.29, 1.82) is 0 Å². The van der Waals surface area contributed by atoms with E-state index in [9.17, 15) is 9.59 Å². The number of hydrogen-bond donors (Lipinski definition) is 1. The van der Waals surface area contributed by atoms with Gasteiger partial charge in [0.05, 0.1) is 13.2 Å². The van der Waals surface area contributed by atoms with E-state index in [-0.39, 0.29) is 17.9 Å². The van der Waals surface area contributed by atoms with Crippen molar-refractivity contribution >= 4 is 17.9 Å². The quantitative estimate of drug-likeness (QED) is 0.698. The predicted molar refractivity (Wildman–Crippen MR) is 108 cm³/mol. The lowest BCUT2D eigenvalue weighted by Gasteiger charge is -2.32. The molecule has 1 saturated carbocycles. The van der Waals surface area contributed by atoms with Gasteiger partial charge in [-0.15, -0.1) is 0 Å². The second-order valence-electron chi connectivity index (χ2n) is 7.29. The fraction of sp³-hybridized carbons (Fsp3) is 0.545. The topological polar surface area (TPSA) is 67.9 Å². The van der Waals surface area contributed by atoms with Crippen LogP contribution in [0.3, 0.4) is 0 Å². The molecule has 0 spiro atoms. The zero-order valence-electron chi connectivity index (χ0n) is 16.8. The summed E-state index contributed by atoms with van der Waals surface area (Å²) in [6.45, 7) is 6.45. The Morgan fingerprint density at radius 2 is 1.75 bits per heavy atom. The smallest absolute Gasteiger partial charge is 0.244 e. The zero-order valence-corrected chi connectivity index (χ0v) is 16.8. The number of amides is 2. The van der Waals surface area contributed by atoms with Gasteiger partial charge in [0.15, 0.2) is 11.5 Å². The summed E-state index contributed by atoms with van der Waals surface area (Å²) in [5, 5.41) is 3.05. The van der Waals surface area contributed by atoms with E-state index in [1.54, 1.807) is 12.2 Å². The Morgan fingerprint density at radius 1 is 1.07 bits per heavy atom. The maximum Gasteiger partial charge on any atom is 0.244 e. The van der Waals surface area contributed by atoms with Crippen LogP contribution in [0, 0.1) is 5.92 Å². The Labute approximate surface area is 166 Å². The zero-order chi connectivity index (χ0) is 19.9. The third-order valence-corrected chi connectivity index (χ3v) is 5.07. The second kappa shape index (κ2) is 9.62. The Kier molecular flexibility index (Phi) is 6.95. The number of nitrogens with one attached hydrogen (secondary N) is 1. The van der Waals surface area contributed by atoms with Gasteiger partial charge in [0.25, 0.3) is 0 Å². The molecule has 1 heterocycles. The van der Waals surface area contributed by atoms with E-state index in [1.165, 1.54) is 0 Å². The molecule has 6 nitrogen and oxygen atoms in total. The molecule has 28 heavy (non-hydrogen) atoms. The van der Waals surface area contributed by atoms with E-state index in [4.69, 9.17) is 9.47 Å². The van der Waals surface area contributed by atoms with Crippen molar-refractivity contribution in [1.82, 2.24) is 10.2 Å². The maximum atomic E-state index is 12.3. The molecule has 2 amide bonds. The molecule has 1 aromatic carbocycles. The van der Waals surface area contributed by atoms with Crippen LogP contribution in [0.5, 0.6) is 11.5 Å². The van der Waals surface area contributed by atoms with Gasteiger partial charge in [-0.2, -0.15) is 0 Å². The standard InChI is InChI=1S/C22H30N2O4/c1-3-27-19-9-5-16(15-20(19)28-4-2)6-10-21(25)23-18-11-13-24(14-12-18)22(26)17-7-8-17/h5-6,9-10,15,17-18H,3-4,7-8,11-14H2,1-2H3,(H,23,25)/b10-6+. The molecule has 1 saturated heterocycles. The summed E-state index contributed by atoms with van der Waals surface area (Å²) in [6, 6.07) is 5.76. The van der Waals surface area contributed by atoms with Crippen molar-refractivity contribution in [2.45, 2.75) is 45.6 Å². The van der Waals surface area contributed by atoms with Crippen LogP contribution in [0.4, 0.5) is 0 Å². The monoisotopic (exact) mass is 386 g/mol. The van der Waals surface area contributed by atoms with E-state index >= 15 is 0 Å². The number of piperidine rings is 1. The van der Waals surface area contributed by atoms with Gasteiger partial charge in [-0.3, -0.25) is 9.59 Å². The van der Waals surface area contributed by atoms with Crippen molar-refractivity contribution in [2.24, 2.45) is 5.92 Å². The van der Waals surface area contributed by atoms with Gasteiger partial charge in [0.1, 0.15) is 0 Å². The van der Waals surface area contributed by atoms with Crippen molar-refractivity contribution in [2.75, 3.05) is 26.3 Å². The van der Waals surface area contributed by atoms with Gasteiger partial charge in [-0.25, -0.2) is 0 Å². The minimum absolute atomic E-state index is 0.112. The Balaban J connectivity index is 1.49. The summed E-state index contributed by atoms with van der Waals surface area (Å²) < 4.78 is 11.2. The van der Waals surface area contributed by atoms with Crippen LogP contribution in [0.15, 0.2) is 24.3 Å². The first-order valence-electron chi connectivity index (χ1n) is 10.3. The Bertz CT molecular complexity index is 719. The molecule has 1 aromatic rings. The third-order valence-electron chi connectivity index (χ3n) is 5.07. The molecule has 0 bridgehead atoms. The van der Waals surface area contributed by atoms with E-state index in [1.807, 2.05) is 36.9 Å². The lowest BCUT2D eigenvalue weighted by molar-refractivity contribution is -0.133. The summed E-state index contributed by atoms with van der Waals surface area (Å²) >= 11 is 0. The fourth-order valence-electron chi connectivity index (χ4n) is 3.43. The molecule has 0 radical (unpaired) electrons. The number of likely N-dealkylation sites (tertiary alicyclic amines) is 1. The molecule has 6 heteroatoms. The Morgan fingerprint density at radius 3 is 2.39 bits per heavy atom. The highest BCUT2D eigenvalue weighted by Crippen LogP contribution is 2.32. The summed E-state index contributed by atoms with van der Waals surface area (Å²) in [5.74, 6) is 1.84. The number of carbonyl (C=O) groups excluding carboxylic acids is 2. The SMILES string of the molecule is CCOc1ccc(/C=C/C(=O)NC2CCN(C(=O)C3CC3)CC2)cc1OCC. The minimum atomic E-state index is -0.112. The van der Waals surface area contributed by atoms with Gasteiger partial charge in [-0.1, -0.05) is 6.07 Å². The van der Waals surface area contributed by atoms with Crippen LogP contribution in [0.2, 0.25) is 0 Å². The summed E-state index contributed by atoms with van der Waals surface area (Å²) in [7, 11) is 0. The number of carbonyl (C=O) groups is 2. The molecular formula is C22H30N2O4. The number of benzene rings is 1. The highest BCUT2D eigenvalue weighted by atomic mass is 16.5. The predicted octanol–water partition coefficient (Wildman–Crippen LogP) is 3.01. The minimum Gasteiger partial charge on any atom is -0.490 e. The van der Waals surface area contributed by atoms with Crippen LogP contribution < -0.4 is 14.8 Å². The van der Waals surface area contributed by atoms with Gasteiger partial charge >= 0.3 is 0 Å². The molecule has 1 aliphatic carbocycles. The normalized spacial score (nSPS) is 17.6. The molecule has 0 unspecified atom stereocenters. The van der Waals surface area contributed by atoms with E-state index in [2.05, 4.69) is 5.32 Å². The average molecular weight is 386 g/mol. The van der Waals surface area contributed by atoms with Crippen molar-refractivity contribution in [3.05, 3.63) is 29.8 Å². The van der Waals surface area contributed by atoms with Crippen LogP contribution in [-0.2, 0) is 9.59 Å². The van der Waals surface area contributed by atoms with Crippen LogP contribution in [0.1, 0.15) is 45.1 Å². The molecule has 152 valence electrons. The van der Waals surface area contributed by atoms with E-state index in [0.29, 0.717) is 30.6 Å². The van der Waals surface area contributed by atoms with Gasteiger partial charge in [-0.05, 0) is 63.3 Å². The molecule has 2 fully saturated rings. The third kappa shape index (κ3) is 5.50. The lowest BCUT2D eigenvalue weighted by atomic mass is 10.0. The van der Waals surface area contributed by atoms with Crippen molar-refractivity contribution in [3.8, 4) is 11.5 Å². The first kappa shape index (κ1) is 20.2. The molecule has 0 atom stereocenters. The molecule has 2 aliphatic rings. The molecule has 0 aromatic heterocycles.